The van der Waals surface area contributed by atoms with E-state index in [2.05, 4.69) is 36.6 Å². The summed E-state index contributed by atoms with van der Waals surface area (Å²) in [6.07, 6.45) is 6.17. The van der Waals surface area contributed by atoms with Crippen molar-refractivity contribution >= 4 is 0 Å². The van der Waals surface area contributed by atoms with Crippen LogP contribution in [0, 0.1) is 0 Å². The van der Waals surface area contributed by atoms with Gasteiger partial charge in [-0.1, -0.05) is 6.07 Å². The van der Waals surface area contributed by atoms with Crippen molar-refractivity contribution in [1.29, 1.82) is 0 Å². The molecule has 1 atom stereocenters. The molecule has 0 amide bonds. The molecule has 1 unspecified atom stereocenters. The predicted octanol–water partition coefficient (Wildman–Crippen LogP) is 3.10. The van der Waals surface area contributed by atoms with E-state index >= 15 is 0 Å². The topological polar surface area (TPSA) is 59.7 Å². The summed E-state index contributed by atoms with van der Waals surface area (Å²) in [6.45, 7) is 4.48. The molecule has 0 spiro atoms. The molecule has 0 radical (unpaired) electrons. The van der Waals surface area contributed by atoms with Crippen LogP contribution in [-0.2, 0) is 7.05 Å². The van der Waals surface area contributed by atoms with E-state index in [0.717, 1.165) is 41.7 Å². The van der Waals surface area contributed by atoms with Gasteiger partial charge in [-0.2, -0.15) is 0 Å². The van der Waals surface area contributed by atoms with Crippen LogP contribution in [0.15, 0.2) is 42.7 Å². The summed E-state index contributed by atoms with van der Waals surface area (Å²) in [5, 5.41) is 8.83. The highest BCUT2D eigenvalue weighted by molar-refractivity contribution is 5.61. The Labute approximate surface area is 147 Å². The molecular weight excluding hydrogens is 312 g/mol. The van der Waals surface area contributed by atoms with Crippen LogP contribution in [0.2, 0.25) is 0 Å². The minimum absolute atomic E-state index is 0.279. The second-order valence-corrected chi connectivity index (χ2v) is 6.51. The first-order chi connectivity index (χ1) is 12.2. The molecule has 0 aliphatic carbocycles. The molecule has 3 aromatic heterocycles. The lowest BCUT2D eigenvalue weighted by Gasteiger charge is -2.22. The lowest BCUT2D eigenvalue weighted by Crippen LogP contribution is -2.25. The van der Waals surface area contributed by atoms with E-state index in [9.17, 15) is 0 Å². The number of likely N-dealkylation sites (tertiary alicyclic amines) is 1. The lowest BCUT2D eigenvalue weighted by molar-refractivity contribution is 0.249. The third-order valence-corrected chi connectivity index (χ3v) is 4.92. The molecule has 4 heterocycles. The Morgan fingerprint density at radius 1 is 0.960 bits per heavy atom. The number of hydrogen-bond acceptors (Lipinski definition) is 5. The second-order valence-electron chi connectivity index (χ2n) is 6.51. The Morgan fingerprint density at radius 2 is 1.80 bits per heavy atom. The minimum atomic E-state index is 0.279. The van der Waals surface area contributed by atoms with Crippen molar-refractivity contribution in [2.24, 2.45) is 7.05 Å². The molecule has 6 nitrogen and oxygen atoms in total. The average Bonchev–Trinajstić information content (AvgIpc) is 3.32. The van der Waals surface area contributed by atoms with Crippen molar-refractivity contribution in [1.82, 2.24) is 29.6 Å². The smallest absolute Gasteiger partial charge is 0.182 e. The number of pyridine rings is 2. The van der Waals surface area contributed by atoms with E-state index in [0.29, 0.717) is 0 Å². The summed E-state index contributed by atoms with van der Waals surface area (Å²) in [6, 6.07) is 10.2. The number of aromatic nitrogens is 5. The quantitative estimate of drug-likeness (QED) is 0.734. The van der Waals surface area contributed by atoms with Crippen molar-refractivity contribution in [3.8, 4) is 22.8 Å². The van der Waals surface area contributed by atoms with Crippen molar-refractivity contribution in [3.63, 3.8) is 0 Å². The van der Waals surface area contributed by atoms with Gasteiger partial charge in [-0.25, -0.2) is 0 Å². The highest BCUT2D eigenvalue weighted by Crippen LogP contribution is 2.26. The monoisotopic (exact) mass is 334 g/mol. The summed E-state index contributed by atoms with van der Waals surface area (Å²) in [7, 11) is 2.02. The van der Waals surface area contributed by atoms with Crippen LogP contribution in [0.1, 0.15) is 31.6 Å². The maximum atomic E-state index is 4.58. The fourth-order valence-electron chi connectivity index (χ4n) is 3.43. The van der Waals surface area contributed by atoms with Crippen LogP contribution in [0.4, 0.5) is 0 Å². The van der Waals surface area contributed by atoms with Gasteiger partial charge in [0.2, 0.25) is 0 Å². The van der Waals surface area contributed by atoms with E-state index in [1.54, 1.807) is 6.20 Å². The Bertz CT molecular complexity index is 834. The summed E-state index contributed by atoms with van der Waals surface area (Å²) in [5.41, 5.74) is 2.74. The van der Waals surface area contributed by atoms with Crippen LogP contribution < -0.4 is 0 Å². The molecule has 1 saturated heterocycles. The first kappa shape index (κ1) is 15.9. The van der Waals surface area contributed by atoms with Gasteiger partial charge in [-0.15, -0.1) is 10.2 Å². The van der Waals surface area contributed by atoms with Crippen LogP contribution in [0.25, 0.3) is 22.8 Å². The van der Waals surface area contributed by atoms with E-state index in [1.807, 2.05) is 43.6 Å². The van der Waals surface area contributed by atoms with Crippen molar-refractivity contribution in [3.05, 3.63) is 48.5 Å². The first-order valence-corrected chi connectivity index (χ1v) is 8.75. The number of hydrogen-bond donors (Lipinski definition) is 0. The fraction of sp³-hybridized carbons (Fsp3) is 0.368. The molecule has 0 bridgehead atoms. The van der Waals surface area contributed by atoms with Crippen LogP contribution in [0.5, 0.6) is 0 Å². The van der Waals surface area contributed by atoms with E-state index in [4.69, 9.17) is 0 Å². The van der Waals surface area contributed by atoms with E-state index < -0.39 is 0 Å². The van der Waals surface area contributed by atoms with Crippen molar-refractivity contribution in [2.75, 3.05) is 13.1 Å². The normalized spacial score (nSPS) is 16.2. The van der Waals surface area contributed by atoms with Gasteiger partial charge in [0.1, 0.15) is 11.5 Å². The third-order valence-electron chi connectivity index (χ3n) is 4.92. The summed E-state index contributed by atoms with van der Waals surface area (Å²) < 4.78 is 2.06. The Balaban J connectivity index is 1.60. The molecule has 1 aliphatic rings. The Hall–Kier alpha value is -2.60. The lowest BCUT2D eigenvalue weighted by atomic mass is 10.2. The van der Waals surface area contributed by atoms with Crippen LogP contribution in [-0.4, -0.2) is 42.7 Å². The third kappa shape index (κ3) is 3.05. The first-order valence-electron chi connectivity index (χ1n) is 8.75. The SMILES string of the molecule is CC(c1nnc(-c2ccc(-c3ccccn3)cn2)n1C)N1CCCC1. The molecule has 0 aromatic carbocycles. The molecule has 0 saturated carbocycles. The van der Waals surface area contributed by atoms with Gasteiger partial charge in [-0.05, 0) is 57.1 Å². The average molecular weight is 334 g/mol. The van der Waals surface area contributed by atoms with Gasteiger partial charge in [-0.3, -0.25) is 14.9 Å². The molecular formula is C19H22N6. The molecule has 1 aliphatic heterocycles. The maximum absolute atomic E-state index is 4.58. The minimum Gasteiger partial charge on any atom is -0.311 e. The summed E-state index contributed by atoms with van der Waals surface area (Å²) in [5.74, 6) is 1.79. The number of nitrogens with zero attached hydrogens (tertiary/aromatic N) is 6. The van der Waals surface area contributed by atoms with Crippen molar-refractivity contribution < 1.29 is 0 Å². The molecule has 128 valence electrons. The maximum Gasteiger partial charge on any atom is 0.182 e. The van der Waals surface area contributed by atoms with Gasteiger partial charge in [0.15, 0.2) is 5.82 Å². The standard InChI is InChI=1S/C19H22N6/c1-14(25-11-5-6-12-25)18-22-23-19(24(18)2)17-9-8-15(13-21-17)16-7-3-4-10-20-16/h3-4,7-10,13-14H,5-6,11-12H2,1-2H3. The van der Waals surface area contributed by atoms with Crippen LogP contribution >= 0.6 is 0 Å². The highest BCUT2D eigenvalue weighted by atomic mass is 15.3. The molecule has 1 fully saturated rings. The highest BCUT2D eigenvalue weighted by Gasteiger charge is 2.24. The van der Waals surface area contributed by atoms with E-state index in [1.165, 1.54) is 12.8 Å². The summed E-state index contributed by atoms with van der Waals surface area (Å²) in [4.78, 5) is 11.4. The molecule has 3 aromatic rings. The molecule has 6 heteroatoms. The largest absolute Gasteiger partial charge is 0.311 e. The zero-order valence-corrected chi connectivity index (χ0v) is 14.6. The fourth-order valence-corrected chi connectivity index (χ4v) is 3.43. The van der Waals surface area contributed by atoms with Gasteiger partial charge in [0.05, 0.1) is 11.7 Å². The van der Waals surface area contributed by atoms with Gasteiger partial charge < -0.3 is 4.57 Å². The molecule has 0 N–H and O–H groups in total. The van der Waals surface area contributed by atoms with Crippen molar-refractivity contribution in [2.45, 2.75) is 25.8 Å². The van der Waals surface area contributed by atoms with Crippen LogP contribution in [0.3, 0.4) is 0 Å². The Kier molecular flexibility index (Phi) is 4.28. The van der Waals surface area contributed by atoms with Gasteiger partial charge in [0, 0.05) is 25.0 Å². The van der Waals surface area contributed by atoms with Gasteiger partial charge >= 0.3 is 0 Å². The Morgan fingerprint density at radius 3 is 2.48 bits per heavy atom. The van der Waals surface area contributed by atoms with E-state index in [-0.39, 0.29) is 6.04 Å². The predicted molar refractivity (Wildman–Crippen MR) is 96.7 cm³/mol. The molecule has 4 rings (SSSR count). The van der Waals surface area contributed by atoms with Gasteiger partial charge in [0.25, 0.3) is 0 Å². The zero-order chi connectivity index (χ0) is 17.2. The zero-order valence-electron chi connectivity index (χ0n) is 14.6. The second kappa shape index (κ2) is 6.72. The molecule has 25 heavy (non-hydrogen) atoms. The summed E-state index contributed by atoms with van der Waals surface area (Å²) >= 11 is 0. The number of rotatable bonds is 4.